The zero-order chi connectivity index (χ0) is 15.9. The maximum atomic E-state index is 12.0. The average molecular weight is 293 g/mol. The number of nitrogens with zero attached hydrogens (tertiary/aromatic N) is 1. The number of nitrogens with two attached hydrogens (primary N) is 1. The van der Waals surface area contributed by atoms with E-state index in [1.807, 2.05) is 45.2 Å². The van der Waals surface area contributed by atoms with E-state index in [-0.39, 0.29) is 18.1 Å². The minimum atomic E-state index is -0.261. The zero-order valence-corrected chi connectivity index (χ0v) is 13.2. The van der Waals surface area contributed by atoms with Gasteiger partial charge in [-0.05, 0) is 45.5 Å². The number of rotatable bonds is 8. The van der Waals surface area contributed by atoms with E-state index in [2.05, 4.69) is 10.2 Å². The first-order valence-corrected chi connectivity index (χ1v) is 7.30. The molecule has 4 N–H and O–H groups in total. The number of aliphatic hydroxyl groups excluding tert-OH is 1. The number of benzene rings is 1. The van der Waals surface area contributed by atoms with Crippen molar-refractivity contribution in [2.45, 2.75) is 38.8 Å². The van der Waals surface area contributed by atoms with Crippen molar-refractivity contribution in [1.82, 2.24) is 4.90 Å². The Morgan fingerprint density at radius 1 is 1.38 bits per heavy atom. The molecule has 0 heterocycles. The van der Waals surface area contributed by atoms with Crippen LogP contribution >= 0.6 is 0 Å². The molecule has 0 atom stereocenters. The molecule has 21 heavy (non-hydrogen) atoms. The normalized spacial score (nSPS) is 11.7. The first kappa shape index (κ1) is 17.6. The van der Waals surface area contributed by atoms with Crippen LogP contribution in [0.1, 0.15) is 32.3 Å². The van der Waals surface area contributed by atoms with Crippen LogP contribution in [-0.4, -0.2) is 41.7 Å². The van der Waals surface area contributed by atoms with E-state index in [0.717, 1.165) is 24.2 Å². The molecule has 0 spiro atoms. The predicted octanol–water partition coefficient (Wildman–Crippen LogP) is 1.57. The maximum absolute atomic E-state index is 12.0. The van der Waals surface area contributed by atoms with Crippen LogP contribution in [0.25, 0.3) is 0 Å². The summed E-state index contributed by atoms with van der Waals surface area (Å²) in [6, 6.07) is 7.56. The monoisotopic (exact) mass is 293 g/mol. The molecule has 5 nitrogen and oxygen atoms in total. The lowest BCUT2D eigenvalue weighted by Gasteiger charge is -2.33. The lowest BCUT2D eigenvalue weighted by molar-refractivity contribution is -0.116. The summed E-state index contributed by atoms with van der Waals surface area (Å²) in [6.07, 6.45) is 1.20. The molecule has 1 aromatic rings. The van der Waals surface area contributed by atoms with Crippen molar-refractivity contribution in [3.63, 3.8) is 0 Å². The maximum Gasteiger partial charge on any atom is 0.224 e. The minimum Gasteiger partial charge on any atom is -0.394 e. The van der Waals surface area contributed by atoms with Crippen molar-refractivity contribution in [3.8, 4) is 0 Å². The van der Waals surface area contributed by atoms with Crippen LogP contribution in [0, 0.1) is 0 Å². The summed E-state index contributed by atoms with van der Waals surface area (Å²) in [4.78, 5) is 14.0. The fourth-order valence-electron chi connectivity index (χ4n) is 1.93. The van der Waals surface area contributed by atoms with Crippen LogP contribution in [0.15, 0.2) is 24.3 Å². The van der Waals surface area contributed by atoms with E-state index in [1.165, 1.54) is 0 Å². The molecule has 0 bridgehead atoms. The number of amides is 1. The van der Waals surface area contributed by atoms with E-state index in [9.17, 15) is 9.90 Å². The molecule has 0 fully saturated rings. The van der Waals surface area contributed by atoms with E-state index >= 15 is 0 Å². The van der Waals surface area contributed by atoms with Crippen LogP contribution in [0.4, 0.5) is 5.69 Å². The highest BCUT2D eigenvalue weighted by molar-refractivity contribution is 5.91. The Bertz CT molecular complexity index is 461. The number of aliphatic hydroxyl groups is 1. The van der Waals surface area contributed by atoms with Gasteiger partial charge in [0.15, 0.2) is 0 Å². The smallest absolute Gasteiger partial charge is 0.224 e. The third-order valence-corrected chi connectivity index (χ3v) is 3.83. The third kappa shape index (κ3) is 5.46. The van der Waals surface area contributed by atoms with Gasteiger partial charge in [-0.25, -0.2) is 0 Å². The summed E-state index contributed by atoms with van der Waals surface area (Å²) >= 11 is 0. The Morgan fingerprint density at radius 3 is 2.67 bits per heavy atom. The van der Waals surface area contributed by atoms with Gasteiger partial charge in [-0.3, -0.25) is 9.69 Å². The topological polar surface area (TPSA) is 78.6 Å². The van der Waals surface area contributed by atoms with Crippen molar-refractivity contribution < 1.29 is 9.90 Å². The van der Waals surface area contributed by atoms with Gasteiger partial charge in [0.1, 0.15) is 0 Å². The van der Waals surface area contributed by atoms with Crippen molar-refractivity contribution in [3.05, 3.63) is 29.8 Å². The molecule has 0 aromatic heterocycles. The van der Waals surface area contributed by atoms with Crippen LogP contribution in [-0.2, 0) is 11.3 Å². The third-order valence-electron chi connectivity index (χ3n) is 3.83. The van der Waals surface area contributed by atoms with Gasteiger partial charge >= 0.3 is 0 Å². The Hall–Kier alpha value is -1.43. The molecule has 0 aliphatic rings. The standard InChI is InChI=1S/C16H27N3O2/c1-16(2,12-20)19(3)10-6-9-15(21)18-14-8-5-4-7-13(14)11-17/h4-5,7-8,20H,6,9-12,17H2,1-3H3,(H,18,21). The summed E-state index contributed by atoms with van der Waals surface area (Å²) in [5.41, 5.74) is 7.11. The van der Waals surface area contributed by atoms with Crippen molar-refractivity contribution in [2.24, 2.45) is 5.73 Å². The molecule has 1 rings (SSSR count). The molecule has 0 saturated heterocycles. The van der Waals surface area contributed by atoms with Gasteiger partial charge in [0, 0.05) is 24.2 Å². The molecule has 0 saturated carbocycles. The number of anilines is 1. The van der Waals surface area contributed by atoms with E-state index in [0.29, 0.717) is 13.0 Å². The molecule has 0 aliphatic heterocycles. The predicted molar refractivity (Wildman–Crippen MR) is 86.0 cm³/mol. The SMILES string of the molecule is CN(CCCC(=O)Nc1ccccc1CN)C(C)(C)CO. The molecule has 1 amide bonds. The number of carbonyl (C=O) groups is 1. The number of carbonyl (C=O) groups excluding carboxylic acids is 1. The highest BCUT2D eigenvalue weighted by atomic mass is 16.3. The van der Waals surface area contributed by atoms with Gasteiger partial charge < -0.3 is 16.2 Å². The molecular weight excluding hydrogens is 266 g/mol. The van der Waals surface area contributed by atoms with Crippen LogP contribution in [0.2, 0.25) is 0 Å². The van der Waals surface area contributed by atoms with Gasteiger partial charge in [-0.1, -0.05) is 18.2 Å². The van der Waals surface area contributed by atoms with Gasteiger partial charge in [-0.2, -0.15) is 0 Å². The molecule has 0 aliphatic carbocycles. The van der Waals surface area contributed by atoms with E-state index in [4.69, 9.17) is 5.73 Å². The molecule has 0 radical (unpaired) electrons. The summed E-state index contributed by atoms with van der Waals surface area (Å²) in [5, 5.41) is 12.2. The highest BCUT2D eigenvalue weighted by Crippen LogP contribution is 2.15. The van der Waals surface area contributed by atoms with Crippen molar-refractivity contribution in [2.75, 3.05) is 25.5 Å². The average Bonchev–Trinajstić information content (AvgIpc) is 2.47. The molecule has 1 aromatic carbocycles. The second-order valence-corrected chi connectivity index (χ2v) is 5.91. The van der Waals surface area contributed by atoms with Crippen LogP contribution in [0.5, 0.6) is 0 Å². The van der Waals surface area contributed by atoms with Gasteiger partial charge in [0.25, 0.3) is 0 Å². The Labute approximate surface area is 127 Å². The van der Waals surface area contributed by atoms with Crippen LogP contribution < -0.4 is 11.1 Å². The number of para-hydroxylation sites is 1. The molecule has 0 unspecified atom stereocenters. The zero-order valence-electron chi connectivity index (χ0n) is 13.2. The van der Waals surface area contributed by atoms with Crippen molar-refractivity contribution >= 4 is 11.6 Å². The summed E-state index contributed by atoms with van der Waals surface area (Å²) in [5.74, 6) is -0.00824. The minimum absolute atomic E-state index is 0.00824. The largest absolute Gasteiger partial charge is 0.394 e. The van der Waals surface area contributed by atoms with E-state index < -0.39 is 0 Å². The van der Waals surface area contributed by atoms with Crippen molar-refractivity contribution in [1.29, 1.82) is 0 Å². The first-order chi connectivity index (χ1) is 9.90. The van der Waals surface area contributed by atoms with Gasteiger partial charge in [0.05, 0.1) is 6.61 Å². The quantitative estimate of drug-likeness (QED) is 0.680. The van der Waals surface area contributed by atoms with Gasteiger partial charge in [-0.15, -0.1) is 0 Å². The van der Waals surface area contributed by atoms with Crippen LogP contribution in [0.3, 0.4) is 0 Å². The number of hydrogen-bond acceptors (Lipinski definition) is 4. The Morgan fingerprint density at radius 2 is 2.05 bits per heavy atom. The number of hydrogen-bond donors (Lipinski definition) is 3. The Balaban J connectivity index is 2.41. The number of nitrogens with one attached hydrogen (secondary N) is 1. The second kappa shape index (κ2) is 8.12. The fourth-order valence-corrected chi connectivity index (χ4v) is 1.93. The lowest BCUT2D eigenvalue weighted by atomic mass is 10.0. The Kier molecular flexibility index (Phi) is 6.81. The summed E-state index contributed by atoms with van der Waals surface area (Å²) in [7, 11) is 1.96. The number of likely N-dealkylation sites (N-methyl/N-ethyl adjacent to an activating group) is 1. The second-order valence-electron chi connectivity index (χ2n) is 5.91. The highest BCUT2D eigenvalue weighted by Gasteiger charge is 2.21. The molecular formula is C16H27N3O2. The first-order valence-electron chi connectivity index (χ1n) is 7.30. The lowest BCUT2D eigenvalue weighted by Crippen LogP contribution is -2.44. The molecule has 5 heteroatoms. The van der Waals surface area contributed by atoms with E-state index in [1.54, 1.807) is 0 Å². The molecule has 118 valence electrons. The van der Waals surface area contributed by atoms with Gasteiger partial charge in [0.2, 0.25) is 5.91 Å². The fraction of sp³-hybridized carbons (Fsp3) is 0.562. The summed E-state index contributed by atoms with van der Waals surface area (Å²) < 4.78 is 0. The summed E-state index contributed by atoms with van der Waals surface area (Å²) in [6.45, 7) is 5.22.